The van der Waals surface area contributed by atoms with Gasteiger partial charge in [0, 0.05) is 56.4 Å². The van der Waals surface area contributed by atoms with Gasteiger partial charge in [0.15, 0.2) is 17.5 Å². The Balaban J connectivity index is 0.943. The van der Waals surface area contributed by atoms with Crippen LogP contribution in [0.5, 0.6) is 0 Å². The summed E-state index contributed by atoms with van der Waals surface area (Å²) in [6.45, 7) is 0. The molecule has 4 heterocycles. The summed E-state index contributed by atoms with van der Waals surface area (Å²) in [5.41, 5.74) is 15.0. The van der Waals surface area contributed by atoms with E-state index in [1.54, 1.807) is 0 Å². The fourth-order valence-corrected chi connectivity index (χ4v) is 9.29. The van der Waals surface area contributed by atoms with Crippen LogP contribution >= 0.6 is 0 Å². The minimum atomic E-state index is 0.641. The van der Waals surface area contributed by atoms with Crippen LogP contribution < -0.4 is 0 Å². The second kappa shape index (κ2) is 14.1. The van der Waals surface area contributed by atoms with Gasteiger partial charge in [-0.25, -0.2) is 19.9 Å². The van der Waals surface area contributed by atoms with Crippen molar-refractivity contribution >= 4 is 50.5 Å². The zero-order valence-corrected chi connectivity index (χ0v) is 33.0. The first-order valence-corrected chi connectivity index (χ1v) is 21.0. The zero-order valence-electron chi connectivity index (χ0n) is 33.0. The molecule has 5 aromatic carbocycles. The van der Waals surface area contributed by atoms with Gasteiger partial charge in [0.25, 0.3) is 0 Å². The summed E-state index contributed by atoms with van der Waals surface area (Å²) in [5.74, 6) is 3.01. The predicted octanol–water partition coefficient (Wildman–Crippen LogP) is 13.4. The van der Waals surface area contributed by atoms with E-state index in [9.17, 15) is 0 Å². The molecule has 0 saturated heterocycles. The Morgan fingerprint density at radius 1 is 0.517 bits per heavy atom. The van der Waals surface area contributed by atoms with Gasteiger partial charge in [-0.1, -0.05) is 103 Å². The number of aryl methyl sites for hydroxylation is 2. The van der Waals surface area contributed by atoms with Gasteiger partial charge in [-0.15, -0.1) is 0 Å². The van der Waals surface area contributed by atoms with Crippen LogP contribution in [0.4, 0.5) is 0 Å². The first kappa shape index (κ1) is 34.6. The van der Waals surface area contributed by atoms with Gasteiger partial charge in [0.05, 0.1) is 22.1 Å². The average Bonchev–Trinajstić information content (AvgIpc) is 3.88. The van der Waals surface area contributed by atoms with Gasteiger partial charge in [-0.3, -0.25) is 0 Å². The number of allylic oxidation sites excluding steroid dienone is 6. The van der Waals surface area contributed by atoms with Gasteiger partial charge in [-0.2, -0.15) is 0 Å². The number of fused-ring (bicyclic) bond motifs is 8. The highest BCUT2D eigenvalue weighted by molar-refractivity contribution is 6.11. The fourth-order valence-electron chi connectivity index (χ4n) is 9.29. The second-order valence-corrected chi connectivity index (χ2v) is 15.9. The van der Waals surface area contributed by atoms with Crippen LogP contribution in [0, 0.1) is 0 Å². The molecule has 286 valence electrons. The summed E-state index contributed by atoms with van der Waals surface area (Å²) in [5, 5.41) is 3.44. The Hall–Kier alpha value is -7.44. The van der Waals surface area contributed by atoms with Gasteiger partial charge < -0.3 is 8.98 Å². The Morgan fingerprint density at radius 2 is 1.22 bits per heavy atom. The molecule has 4 aromatic heterocycles. The molecule has 6 heteroatoms. The molecule has 0 saturated carbocycles. The van der Waals surface area contributed by atoms with Crippen LogP contribution in [0.3, 0.4) is 0 Å². The van der Waals surface area contributed by atoms with Crippen molar-refractivity contribution in [1.82, 2.24) is 24.5 Å². The molecule has 0 unspecified atom stereocenters. The number of hydrogen-bond acceptors (Lipinski definition) is 5. The maximum Gasteiger partial charge on any atom is 0.164 e. The van der Waals surface area contributed by atoms with E-state index in [0.29, 0.717) is 17.5 Å². The molecule has 60 heavy (non-hydrogen) atoms. The number of para-hydroxylation sites is 2. The van der Waals surface area contributed by atoms with Crippen LogP contribution in [0.1, 0.15) is 54.1 Å². The summed E-state index contributed by atoms with van der Waals surface area (Å²) in [7, 11) is 0. The lowest BCUT2D eigenvalue weighted by molar-refractivity contribution is 0.548. The van der Waals surface area contributed by atoms with Gasteiger partial charge in [0.2, 0.25) is 0 Å². The number of aromatic nitrogens is 5. The topological polar surface area (TPSA) is 69.6 Å². The second-order valence-electron chi connectivity index (χ2n) is 15.9. The standard InChI is InChI=1S/C54H39N5O/c1-2-14-34(15-3-1)52-56-53(35-28-30-40(31-29-35)59-46-25-9-5-20-41(46)42-21-6-10-26-47(42)59)58-54(57-52)39-19-13-17-37(33-39)36-16-12-18-38(32-36)50-49-44-23-7-11-27-48(44)60-51(49)43-22-4-8-24-45(43)55-50/h2,4-5,7-10,12-20,22-26,28-33H,1,3,6,11,21,27H2. The van der Waals surface area contributed by atoms with Crippen molar-refractivity contribution in [3.8, 4) is 50.8 Å². The van der Waals surface area contributed by atoms with Crippen molar-refractivity contribution in [1.29, 1.82) is 0 Å². The minimum absolute atomic E-state index is 0.641. The van der Waals surface area contributed by atoms with E-state index in [-0.39, 0.29) is 0 Å². The third kappa shape index (κ3) is 5.78. The zero-order chi connectivity index (χ0) is 39.6. The minimum Gasteiger partial charge on any atom is -0.460 e. The Bertz CT molecular complexity index is 3320. The van der Waals surface area contributed by atoms with Crippen molar-refractivity contribution in [3.63, 3.8) is 0 Å². The van der Waals surface area contributed by atoms with Crippen LogP contribution in [0.2, 0.25) is 0 Å². The summed E-state index contributed by atoms with van der Waals surface area (Å²) < 4.78 is 8.96. The van der Waals surface area contributed by atoms with Crippen LogP contribution in [-0.4, -0.2) is 24.5 Å². The van der Waals surface area contributed by atoms with Gasteiger partial charge in [-0.05, 0) is 109 Å². The monoisotopic (exact) mass is 773 g/mol. The van der Waals surface area contributed by atoms with Gasteiger partial charge in [0.1, 0.15) is 11.3 Å². The molecule has 0 spiro atoms. The Morgan fingerprint density at radius 3 is 2.07 bits per heavy atom. The van der Waals surface area contributed by atoms with E-state index in [2.05, 4.69) is 162 Å². The largest absolute Gasteiger partial charge is 0.460 e. The molecule has 6 nitrogen and oxygen atoms in total. The molecular formula is C54H39N5O. The molecule has 0 amide bonds. The normalized spacial score (nSPS) is 14.5. The highest BCUT2D eigenvalue weighted by Gasteiger charge is 2.23. The van der Waals surface area contributed by atoms with E-state index in [1.807, 2.05) is 6.07 Å². The van der Waals surface area contributed by atoms with Crippen molar-refractivity contribution < 1.29 is 4.42 Å². The van der Waals surface area contributed by atoms with Crippen molar-refractivity contribution in [2.75, 3.05) is 0 Å². The van der Waals surface area contributed by atoms with E-state index in [4.69, 9.17) is 24.4 Å². The third-order valence-corrected chi connectivity index (χ3v) is 12.2. The lowest BCUT2D eigenvalue weighted by Crippen LogP contribution is -2.04. The third-order valence-electron chi connectivity index (χ3n) is 12.2. The Labute approximate surface area is 347 Å². The molecule has 12 rings (SSSR count). The number of pyridine rings is 1. The molecule has 9 aromatic rings. The number of benzene rings is 5. The summed E-state index contributed by atoms with van der Waals surface area (Å²) in [6.07, 6.45) is 21.5. The molecule has 0 radical (unpaired) electrons. The summed E-state index contributed by atoms with van der Waals surface area (Å²) >= 11 is 0. The molecule has 3 aliphatic rings. The first-order valence-electron chi connectivity index (χ1n) is 21.0. The molecular weight excluding hydrogens is 735 g/mol. The van der Waals surface area contributed by atoms with Crippen LogP contribution in [-0.2, 0) is 12.8 Å². The summed E-state index contributed by atoms with van der Waals surface area (Å²) in [6, 6.07) is 42.9. The van der Waals surface area contributed by atoms with Gasteiger partial charge >= 0.3 is 0 Å². The first-order chi connectivity index (χ1) is 29.7. The molecule has 0 fully saturated rings. The molecule has 0 atom stereocenters. The number of nitrogens with zero attached hydrogens (tertiary/aromatic N) is 5. The molecule has 0 N–H and O–H groups in total. The van der Waals surface area contributed by atoms with Crippen molar-refractivity contribution in [2.24, 2.45) is 0 Å². The van der Waals surface area contributed by atoms with E-state index in [1.165, 1.54) is 22.2 Å². The number of furan rings is 1. The quantitative estimate of drug-likeness (QED) is 0.168. The van der Waals surface area contributed by atoms with E-state index in [0.717, 1.165) is 116 Å². The highest BCUT2D eigenvalue weighted by atomic mass is 16.3. The predicted molar refractivity (Wildman–Crippen MR) is 245 cm³/mol. The molecule has 0 bridgehead atoms. The number of hydrogen-bond donors (Lipinski definition) is 0. The molecule has 3 aliphatic carbocycles. The lowest BCUT2D eigenvalue weighted by atomic mass is 9.95. The van der Waals surface area contributed by atoms with Crippen molar-refractivity contribution in [3.05, 3.63) is 180 Å². The van der Waals surface area contributed by atoms with E-state index >= 15 is 0 Å². The van der Waals surface area contributed by atoms with Crippen molar-refractivity contribution in [2.45, 2.75) is 38.5 Å². The smallest absolute Gasteiger partial charge is 0.164 e. The Kier molecular flexibility index (Phi) is 8.15. The fraction of sp³-hybridized carbons (Fsp3) is 0.111. The van der Waals surface area contributed by atoms with Crippen LogP contribution in [0.15, 0.2) is 156 Å². The highest BCUT2D eigenvalue weighted by Crippen LogP contribution is 2.41. The summed E-state index contributed by atoms with van der Waals surface area (Å²) in [4.78, 5) is 20.6. The van der Waals surface area contributed by atoms with E-state index < -0.39 is 0 Å². The molecule has 0 aliphatic heterocycles. The maximum absolute atomic E-state index is 6.58. The maximum atomic E-state index is 6.58. The van der Waals surface area contributed by atoms with Crippen LogP contribution in [0.25, 0.3) is 101 Å². The lowest BCUT2D eigenvalue weighted by Gasteiger charge is -2.14. The average molecular weight is 774 g/mol. The number of rotatable bonds is 6. The SMILES string of the molecule is C1=CC(c2nc(-c3ccc(-n4c5c(c6ccccc64)CCC=C5)cc3)nc(-c3cccc(-c4cccc(-c5nc6ccccc6c6oc7c(c56)C=CCC7)c4)c3)n2)=CCC1.